The van der Waals surface area contributed by atoms with Crippen LogP contribution in [0.4, 0.5) is 13.2 Å². The first-order chi connectivity index (χ1) is 13.7. The molecule has 1 aromatic carbocycles. The Kier molecular flexibility index (Phi) is 6.24. The van der Waals surface area contributed by atoms with Crippen LogP contribution in [0.1, 0.15) is 30.5 Å². The SMILES string of the molecule is CC(=NOCC1=C(I)C=CCC1n1nnn(C)c1=O)c1cccc(C(F)(F)F)c1. The fraction of sp³-hybridized carbons (Fsp3) is 0.333. The predicted molar refractivity (Wildman–Crippen MR) is 109 cm³/mol. The van der Waals surface area contributed by atoms with Crippen LogP contribution in [0.5, 0.6) is 0 Å². The number of aryl methyl sites for hydroxylation is 1. The third-order valence-corrected chi connectivity index (χ3v) is 5.45. The summed E-state index contributed by atoms with van der Waals surface area (Å²) in [4.78, 5) is 17.6. The first kappa shape index (κ1) is 21.3. The lowest BCUT2D eigenvalue weighted by molar-refractivity contribution is -0.137. The van der Waals surface area contributed by atoms with E-state index in [0.717, 1.165) is 26.0 Å². The lowest BCUT2D eigenvalue weighted by Crippen LogP contribution is -2.30. The Hall–Kier alpha value is -2.44. The number of alkyl halides is 3. The zero-order valence-electron chi connectivity index (χ0n) is 15.5. The first-order valence-electron chi connectivity index (χ1n) is 8.56. The number of hydrogen-bond acceptors (Lipinski definition) is 5. The molecule has 1 atom stereocenters. The molecular formula is C18H17F3IN5O2. The number of aromatic nitrogens is 4. The van der Waals surface area contributed by atoms with E-state index in [9.17, 15) is 18.0 Å². The lowest BCUT2D eigenvalue weighted by Gasteiger charge is -2.21. The van der Waals surface area contributed by atoms with Gasteiger partial charge in [0.25, 0.3) is 0 Å². The molecule has 154 valence electrons. The van der Waals surface area contributed by atoms with Gasteiger partial charge in [0.2, 0.25) is 0 Å². The van der Waals surface area contributed by atoms with Gasteiger partial charge < -0.3 is 4.84 Å². The van der Waals surface area contributed by atoms with E-state index in [-0.39, 0.29) is 18.3 Å². The Morgan fingerprint density at radius 2 is 2.14 bits per heavy atom. The molecule has 0 bridgehead atoms. The third kappa shape index (κ3) is 4.77. The molecule has 0 N–H and O–H groups in total. The Morgan fingerprint density at radius 1 is 1.38 bits per heavy atom. The maximum atomic E-state index is 12.9. The van der Waals surface area contributed by atoms with Crippen LogP contribution in [0.2, 0.25) is 0 Å². The zero-order chi connectivity index (χ0) is 21.2. The van der Waals surface area contributed by atoms with Gasteiger partial charge in [-0.1, -0.05) is 29.4 Å². The molecule has 1 heterocycles. The summed E-state index contributed by atoms with van der Waals surface area (Å²) in [5.74, 6) is 0. The van der Waals surface area contributed by atoms with Crippen molar-refractivity contribution < 1.29 is 18.0 Å². The summed E-state index contributed by atoms with van der Waals surface area (Å²) >= 11 is 2.13. The molecule has 3 rings (SSSR count). The summed E-state index contributed by atoms with van der Waals surface area (Å²) < 4.78 is 41.9. The molecule has 2 aromatic rings. The number of allylic oxidation sites excluding steroid dienone is 3. The van der Waals surface area contributed by atoms with E-state index in [2.05, 4.69) is 38.2 Å². The molecular weight excluding hydrogens is 502 g/mol. The molecule has 0 radical (unpaired) electrons. The van der Waals surface area contributed by atoms with Gasteiger partial charge in [0, 0.05) is 16.2 Å². The van der Waals surface area contributed by atoms with Gasteiger partial charge in [-0.3, -0.25) is 0 Å². The number of halogens is 4. The van der Waals surface area contributed by atoms with Crippen LogP contribution in [-0.2, 0) is 18.1 Å². The van der Waals surface area contributed by atoms with E-state index in [4.69, 9.17) is 4.84 Å². The minimum absolute atomic E-state index is 0.0621. The van der Waals surface area contributed by atoms with Gasteiger partial charge in [-0.2, -0.15) is 22.5 Å². The van der Waals surface area contributed by atoms with Gasteiger partial charge in [-0.25, -0.2) is 4.79 Å². The average Bonchev–Trinajstić information content (AvgIpc) is 3.01. The summed E-state index contributed by atoms with van der Waals surface area (Å²) in [6.07, 6.45) is -0.0570. The molecule has 1 aliphatic rings. The highest BCUT2D eigenvalue weighted by molar-refractivity contribution is 14.1. The van der Waals surface area contributed by atoms with E-state index in [1.807, 2.05) is 12.2 Å². The molecule has 0 aliphatic heterocycles. The van der Waals surface area contributed by atoms with E-state index in [1.54, 1.807) is 6.92 Å². The quantitative estimate of drug-likeness (QED) is 0.344. The number of rotatable bonds is 5. The lowest BCUT2D eigenvalue weighted by atomic mass is 10.00. The standard InChI is InChI=1S/C18H17F3IN5O2/c1-11(12-5-3-6-13(9-12)18(19,20)21)23-29-10-14-15(22)7-4-8-16(14)27-17(28)26(2)24-25-27/h3-7,9,16H,8,10H2,1-2H3. The molecule has 1 aliphatic carbocycles. The van der Waals surface area contributed by atoms with Gasteiger partial charge >= 0.3 is 11.9 Å². The van der Waals surface area contributed by atoms with Crippen molar-refractivity contribution in [1.29, 1.82) is 0 Å². The number of nitrogens with zero attached hydrogens (tertiary/aromatic N) is 5. The second-order valence-electron chi connectivity index (χ2n) is 6.39. The fourth-order valence-corrected chi connectivity index (χ4v) is 3.59. The molecule has 29 heavy (non-hydrogen) atoms. The summed E-state index contributed by atoms with van der Waals surface area (Å²) in [6.45, 7) is 1.63. The number of hydrogen-bond donors (Lipinski definition) is 0. The largest absolute Gasteiger partial charge is 0.416 e. The molecule has 0 saturated heterocycles. The van der Waals surface area contributed by atoms with E-state index in [1.165, 1.54) is 23.9 Å². The molecule has 0 saturated carbocycles. The molecule has 11 heteroatoms. The van der Waals surface area contributed by atoms with Crippen LogP contribution >= 0.6 is 22.6 Å². The normalized spacial score (nSPS) is 17.7. The summed E-state index contributed by atoms with van der Waals surface area (Å²) in [5.41, 5.74) is 0.313. The summed E-state index contributed by atoms with van der Waals surface area (Å²) in [5, 5.41) is 11.6. The van der Waals surface area contributed by atoms with E-state index >= 15 is 0 Å². The maximum absolute atomic E-state index is 12.9. The average molecular weight is 519 g/mol. The maximum Gasteiger partial charge on any atom is 0.416 e. The van der Waals surface area contributed by atoms with Gasteiger partial charge in [0.15, 0.2) is 0 Å². The van der Waals surface area contributed by atoms with Crippen molar-refractivity contribution in [3.63, 3.8) is 0 Å². The molecule has 7 nitrogen and oxygen atoms in total. The second-order valence-corrected chi connectivity index (χ2v) is 7.55. The van der Waals surface area contributed by atoms with Crippen molar-refractivity contribution >= 4 is 28.3 Å². The van der Waals surface area contributed by atoms with Crippen molar-refractivity contribution in [2.75, 3.05) is 6.61 Å². The highest BCUT2D eigenvalue weighted by atomic mass is 127. The van der Waals surface area contributed by atoms with Crippen molar-refractivity contribution in [1.82, 2.24) is 19.8 Å². The molecule has 0 fully saturated rings. The Labute approximate surface area is 177 Å². The number of oxime groups is 1. The minimum Gasteiger partial charge on any atom is -0.391 e. The summed E-state index contributed by atoms with van der Waals surface area (Å²) in [7, 11) is 1.51. The van der Waals surface area contributed by atoms with Crippen LogP contribution in [0, 0.1) is 0 Å². The van der Waals surface area contributed by atoms with Crippen molar-refractivity contribution in [2.24, 2.45) is 12.2 Å². The molecule has 1 aromatic heterocycles. The van der Waals surface area contributed by atoms with Gasteiger partial charge in [-0.15, -0.1) is 0 Å². The first-order valence-corrected chi connectivity index (χ1v) is 9.64. The topological polar surface area (TPSA) is 74.3 Å². The Morgan fingerprint density at radius 3 is 2.79 bits per heavy atom. The second kappa shape index (κ2) is 8.51. The fourth-order valence-electron chi connectivity index (χ4n) is 2.82. The van der Waals surface area contributed by atoms with Crippen LogP contribution in [0.15, 0.2) is 55.5 Å². The van der Waals surface area contributed by atoms with Crippen LogP contribution < -0.4 is 5.69 Å². The summed E-state index contributed by atoms with van der Waals surface area (Å²) in [6, 6.07) is 4.52. The van der Waals surface area contributed by atoms with Crippen molar-refractivity contribution in [3.05, 3.63) is 67.2 Å². The van der Waals surface area contributed by atoms with E-state index < -0.39 is 11.7 Å². The van der Waals surface area contributed by atoms with Gasteiger partial charge in [-0.05, 0) is 64.1 Å². The van der Waals surface area contributed by atoms with Crippen LogP contribution in [-0.4, -0.2) is 32.1 Å². The highest BCUT2D eigenvalue weighted by Crippen LogP contribution is 2.32. The zero-order valence-corrected chi connectivity index (χ0v) is 17.7. The monoisotopic (exact) mass is 519 g/mol. The number of benzene rings is 1. The predicted octanol–water partition coefficient (Wildman–Crippen LogP) is 3.63. The van der Waals surface area contributed by atoms with Crippen molar-refractivity contribution in [2.45, 2.75) is 25.6 Å². The van der Waals surface area contributed by atoms with Crippen molar-refractivity contribution in [3.8, 4) is 0 Å². The number of tetrazole rings is 1. The van der Waals surface area contributed by atoms with E-state index in [0.29, 0.717) is 17.7 Å². The Balaban J connectivity index is 1.78. The van der Waals surface area contributed by atoms with Gasteiger partial charge in [0.1, 0.15) is 6.61 Å². The molecule has 0 amide bonds. The molecule has 0 spiro atoms. The Bertz CT molecular complexity index is 1050. The highest BCUT2D eigenvalue weighted by Gasteiger charge is 2.30. The third-order valence-electron chi connectivity index (χ3n) is 4.40. The van der Waals surface area contributed by atoms with Crippen LogP contribution in [0.3, 0.4) is 0 Å². The molecule has 1 unspecified atom stereocenters. The smallest absolute Gasteiger partial charge is 0.391 e. The minimum atomic E-state index is -4.43. The van der Waals surface area contributed by atoms with Gasteiger partial charge in [0.05, 0.1) is 17.3 Å². The van der Waals surface area contributed by atoms with Crippen LogP contribution in [0.25, 0.3) is 0 Å².